The fourth-order valence-electron chi connectivity index (χ4n) is 2.04. The van der Waals surface area contributed by atoms with Crippen molar-refractivity contribution in [2.45, 2.75) is 6.54 Å². The quantitative estimate of drug-likeness (QED) is 0.762. The summed E-state index contributed by atoms with van der Waals surface area (Å²) < 4.78 is 0. The standard InChI is InChI=1S/C15H12N4O2/c20-15(21)13-7-10-3-1-2-4-12(10)14(19-13)17-8-11-5-6-16-9-18-11/h1-7,9H,8H2,(H,17,19)(H,20,21). The lowest BCUT2D eigenvalue weighted by Gasteiger charge is -2.09. The molecule has 0 saturated heterocycles. The van der Waals surface area contributed by atoms with Gasteiger partial charge < -0.3 is 10.4 Å². The Labute approximate surface area is 120 Å². The number of hydrogen-bond acceptors (Lipinski definition) is 5. The summed E-state index contributed by atoms with van der Waals surface area (Å²) in [6.45, 7) is 0.447. The third-order valence-corrected chi connectivity index (χ3v) is 3.04. The van der Waals surface area contributed by atoms with Crippen LogP contribution in [0.5, 0.6) is 0 Å². The molecule has 6 nitrogen and oxygen atoms in total. The number of nitrogens with one attached hydrogen (secondary N) is 1. The Morgan fingerprint density at radius 2 is 2.10 bits per heavy atom. The lowest BCUT2D eigenvalue weighted by molar-refractivity contribution is 0.0691. The Bertz CT molecular complexity index is 790. The highest BCUT2D eigenvalue weighted by atomic mass is 16.4. The molecule has 0 aliphatic carbocycles. The van der Waals surface area contributed by atoms with Crippen LogP contribution < -0.4 is 5.32 Å². The number of anilines is 1. The van der Waals surface area contributed by atoms with Crippen molar-refractivity contribution in [2.24, 2.45) is 0 Å². The summed E-state index contributed by atoms with van der Waals surface area (Å²) in [5, 5.41) is 14.0. The fraction of sp³-hybridized carbons (Fsp3) is 0.0667. The molecule has 2 aromatic heterocycles. The lowest BCUT2D eigenvalue weighted by Crippen LogP contribution is -2.07. The predicted molar refractivity (Wildman–Crippen MR) is 78.1 cm³/mol. The summed E-state index contributed by atoms with van der Waals surface area (Å²) in [6, 6.07) is 10.9. The van der Waals surface area contributed by atoms with Crippen LogP contribution in [0.4, 0.5) is 5.82 Å². The van der Waals surface area contributed by atoms with E-state index in [0.717, 1.165) is 16.5 Å². The Morgan fingerprint density at radius 1 is 1.24 bits per heavy atom. The fourth-order valence-corrected chi connectivity index (χ4v) is 2.04. The third kappa shape index (κ3) is 2.79. The predicted octanol–water partition coefficient (Wildman–Crippen LogP) is 2.34. The van der Waals surface area contributed by atoms with E-state index in [0.29, 0.717) is 12.4 Å². The van der Waals surface area contributed by atoms with Crippen molar-refractivity contribution < 1.29 is 9.90 Å². The highest BCUT2D eigenvalue weighted by Crippen LogP contribution is 2.23. The van der Waals surface area contributed by atoms with Gasteiger partial charge in [-0.25, -0.2) is 19.7 Å². The second kappa shape index (κ2) is 5.54. The van der Waals surface area contributed by atoms with Crippen molar-refractivity contribution in [2.75, 3.05) is 5.32 Å². The van der Waals surface area contributed by atoms with Crippen molar-refractivity contribution in [1.29, 1.82) is 0 Å². The monoisotopic (exact) mass is 280 g/mol. The molecule has 104 valence electrons. The average Bonchev–Trinajstić information content (AvgIpc) is 2.53. The number of aromatic nitrogens is 3. The number of rotatable bonds is 4. The molecule has 0 fully saturated rings. The number of aromatic carboxylic acids is 1. The van der Waals surface area contributed by atoms with E-state index in [1.54, 1.807) is 18.3 Å². The first-order valence-electron chi connectivity index (χ1n) is 6.36. The molecule has 0 saturated carbocycles. The summed E-state index contributed by atoms with van der Waals surface area (Å²) in [7, 11) is 0. The van der Waals surface area contributed by atoms with Crippen LogP contribution in [-0.4, -0.2) is 26.0 Å². The molecule has 3 rings (SSSR count). The van der Waals surface area contributed by atoms with Gasteiger partial charge >= 0.3 is 5.97 Å². The zero-order valence-electron chi connectivity index (χ0n) is 11.0. The molecule has 0 amide bonds. The minimum atomic E-state index is -1.05. The van der Waals surface area contributed by atoms with Crippen LogP contribution in [0.2, 0.25) is 0 Å². The first-order valence-corrected chi connectivity index (χ1v) is 6.36. The SMILES string of the molecule is O=C(O)c1cc2ccccc2c(NCc2ccncn2)n1. The lowest BCUT2D eigenvalue weighted by atomic mass is 10.1. The van der Waals surface area contributed by atoms with Gasteiger partial charge in [-0.3, -0.25) is 0 Å². The van der Waals surface area contributed by atoms with Gasteiger partial charge in [0.2, 0.25) is 0 Å². The van der Waals surface area contributed by atoms with Gasteiger partial charge in [0.1, 0.15) is 12.1 Å². The normalized spacial score (nSPS) is 10.5. The van der Waals surface area contributed by atoms with Crippen molar-refractivity contribution in [1.82, 2.24) is 15.0 Å². The maximum atomic E-state index is 11.2. The average molecular weight is 280 g/mol. The van der Waals surface area contributed by atoms with Gasteiger partial charge in [0, 0.05) is 11.6 Å². The van der Waals surface area contributed by atoms with Gasteiger partial charge in [-0.15, -0.1) is 0 Å². The largest absolute Gasteiger partial charge is 0.477 e. The molecule has 0 aliphatic heterocycles. The molecule has 2 heterocycles. The van der Waals surface area contributed by atoms with Gasteiger partial charge in [0.25, 0.3) is 0 Å². The van der Waals surface area contributed by atoms with E-state index in [-0.39, 0.29) is 5.69 Å². The summed E-state index contributed by atoms with van der Waals surface area (Å²) in [5.41, 5.74) is 0.815. The summed E-state index contributed by atoms with van der Waals surface area (Å²) in [4.78, 5) is 23.3. The Morgan fingerprint density at radius 3 is 2.86 bits per heavy atom. The number of carboxylic acids is 1. The highest BCUT2D eigenvalue weighted by molar-refractivity contribution is 5.97. The molecule has 3 aromatic rings. The van der Waals surface area contributed by atoms with E-state index >= 15 is 0 Å². The Hall–Kier alpha value is -3.02. The first kappa shape index (κ1) is 13.0. The third-order valence-electron chi connectivity index (χ3n) is 3.04. The van der Waals surface area contributed by atoms with Gasteiger partial charge in [-0.05, 0) is 17.5 Å². The minimum absolute atomic E-state index is 0.0129. The second-order valence-corrected chi connectivity index (χ2v) is 4.44. The Kier molecular flexibility index (Phi) is 3.42. The smallest absolute Gasteiger partial charge is 0.354 e. The van der Waals surface area contributed by atoms with E-state index in [1.807, 2.05) is 24.3 Å². The molecule has 0 unspecified atom stereocenters. The van der Waals surface area contributed by atoms with Crippen LogP contribution in [0.3, 0.4) is 0 Å². The van der Waals surface area contributed by atoms with Crippen LogP contribution in [-0.2, 0) is 6.54 Å². The van der Waals surface area contributed by atoms with Gasteiger partial charge in [0.05, 0.1) is 12.2 Å². The van der Waals surface area contributed by atoms with Crippen molar-refractivity contribution in [3.63, 3.8) is 0 Å². The van der Waals surface area contributed by atoms with Crippen molar-refractivity contribution in [3.8, 4) is 0 Å². The molecule has 21 heavy (non-hydrogen) atoms. The molecule has 0 atom stereocenters. The van der Waals surface area contributed by atoms with E-state index in [9.17, 15) is 4.79 Å². The Balaban J connectivity index is 1.98. The molecule has 1 aromatic carbocycles. The van der Waals surface area contributed by atoms with Gasteiger partial charge in [-0.2, -0.15) is 0 Å². The number of benzene rings is 1. The molecule has 6 heteroatoms. The van der Waals surface area contributed by atoms with E-state index in [2.05, 4.69) is 20.3 Å². The minimum Gasteiger partial charge on any atom is -0.477 e. The van der Waals surface area contributed by atoms with Crippen LogP contribution in [0.25, 0.3) is 10.8 Å². The maximum Gasteiger partial charge on any atom is 0.354 e. The number of fused-ring (bicyclic) bond motifs is 1. The van der Waals surface area contributed by atoms with E-state index < -0.39 is 5.97 Å². The highest BCUT2D eigenvalue weighted by Gasteiger charge is 2.10. The van der Waals surface area contributed by atoms with E-state index in [4.69, 9.17) is 5.11 Å². The molecule has 0 bridgehead atoms. The van der Waals surface area contributed by atoms with Crippen LogP contribution in [0, 0.1) is 0 Å². The summed E-state index contributed by atoms with van der Waals surface area (Å²) in [6.07, 6.45) is 3.12. The van der Waals surface area contributed by atoms with Gasteiger partial charge in [-0.1, -0.05) is 24.3 Å². The van der Waals surface area contributed by atoms with Gasteiger partial charge in [0.15, 0.2) is 5.69 Å². The summed E-state index contributed by atoms with van der Waals surface area (Å²) >= 11 is 0. The number of nitrogens with zero attached hydrogens (tertiary/aromatic N) is 3. The van der Waals surface area contributed by atoms with E-state index in [1.165, 1.54) is 6.33 Å². The van der Waals surface area contributed by atoms with Crippen LogP contribution in [0.1, 0.15) is 16.2 Å². The topological polar surface area (TPSA) is 88.0 Å². The number of carboxylic acid groups (broad SMARTS) is 1. The molecular formula is C15H12N4O2. The molecule has 2 N–H and O–H groups in total. The second-order valence-electron chi connectivity index (χ2n) is 4.44. The zero-order valence-corrected chi connectivity index (χ0v) is 11.0. The van der Waals surface area contributed by atoms with Crippen molar-refractivity contribution >= 4 is 22.6 Å². The zero-order chi connectivity index (χ0) is 14.7. The summed E-state index contributed by atoms with van der Waals surface area (Å²) in [5.74, 6) is -0.519. The number of carbonyl (C=O) groups is 1. The molecule has 0 spiro atoms. The molecule has 0 aliphatic rings. The van der Waals surface area contributed by atoms with Crippen LogP contribution in [0.15, 0.2) is 48.9 Å². The molecule has 0 radical (unpaired) electrons. The first-order chi connectivity index (χ1) is 10.2. The number of pyridine rings is 1. The maximum absolute atomic E-state index is 11.2. The molecular weight excluding hydrogens is 268 g/mol. The van der Waals surface area contributed by atoms with Crippen molar-refractivity contribution in [3.05, 3.63) is 60.3 Å². The number of hydrogen-bond donors (Lipinski definition) is 2. The van der Waals surface area contributed by atoms with Crippen LogP contribution >= 0.6 is 0 Å².